The summed E-state index contributed by atoms with van der Waals surface area (Å²) in [7, 11) is 2.58. The molecule has 2 aromatic heterocycles. The van der Waals surface area contributed by atoms with Crippen LogP contribution in [0.4, 0.5) is 9.59 Å². The van der Waals surface area contributed by atoms with E-state index in [0.29, 0.717) is 12.5 Å². The number of rotatable bonds is 10. The lowest BCUT2D eigenvalue weighted by molar-refractivity contribution is -0.134. The number of piperidine rings is 1. The molecule has 0 radical (unpaired) electrons. The third-order valence-electron chi connectivity index (χ3n) is 12.0. The van der Waals surface area contributed by atoms with Crippen LogP contribution < -0.4 is 10.6 Å². The summed E-state index contributed by atoms with van der Waals surface area (Å²) >= 11 is 0. The van der Waals surface area contributed by atoms with Gasteiger partial charge in [-0.15, -0.1) is 6.58 Å². The zero-order valence-corrected chi connectivity index (χ0v) is 31.4. The Kier molecular flexibility index (Phi) is 9.95. The monoisotopic (exact) mass is 748 g/mol. The number of nitrogens with one attached hydrogen (secondary N) is 4. The van der Waals surface area contributed by atoms with E-state index in [9.17, 15) is 19.5 Å². The SMILES string of the molecule is C=C[C@H](NC(=O)OC)C(O)N1C(c2ncc(-c3ccc4c(c3)CCc3cc(-c5cnc([C@@H]6CCCN6C(=O)[C@H](C)NC(=O)OC)[nH]5)ccc3-4)[nH]2)[C@H]2CC[C@@H]1C2. The smallest absolute Gasteiger partial charge is 0.407 e. The maximum Gasteiger partial charge on any atom is 0.407 e. The van der Waals surface area contributed by atoms with Crippen LogP contribution in [-0.4, -0.2) is 98.1 Å². The Labute approximate surface area is 319 Å². The molecule has 55 heavy (non-hydrogen) atoms. The number of imidazole rings is 2. The van der Waals surface area contributed by atoms with Crippen molar-refractivity contribution in [2.45, 2.75) is 88.3 Å². The number of aromatic amines is 2. The first-order valence-electron chi connectivity index (χ1n) is 19.1. The zero-order chi connectivity index (χ0) is 38.4. The third-order valence-corrected chi connectivity index (χ3v) is 12.0. The molecule has 14 heteroatoms. The molecule has 2 aromatic carbocycles. The minimum Gasteiger partial charge on any atom is -0.453 e. The molecule has 4 aliphatic rings. The van der Waals surface area contributed by atoms with Gasteiger partial charge < -0.3 is 40.1 Å². The summed E-state index contributed by atoms with van der Waals surface area (Å²) in [5.41, 5.74) is 8.90. The number of aliphatic hydroxyl groups is 1. The number of methoxy groups -OCH3 is 2. The Morgan fingerprint density at radius 3 is 2.16 bits per heavy atom. The van der Waals surface area contributed by atoms with Crippen molar-refractivity contribution in [1.29, 1.82) is 0 Å². The second kappa shape index (κ2) is 15.0. The summed E-state index contributed by atoms with van der Waals surface area (Å²) in [6.07, 6.45) is 9.52. The summed E-state index contributed by atoms with van der Waals surface area (Å²) in [6, 6.07) is 11.6. The maximum absolute atomic E-state index is 13.2. The summed E-state index contributed by atoms with van der Waals surface area (Å²) < 4.78 is 9.44. The zero-order valence-electron chi connectivity index (χ0n) is 31.4. The second-order valence-electron chi connectivity index (χ2n) is 15.1. The number of hydrogen-bond donors (Lipinski definition) is 5. The fourth-order valence-electron chi connectivity index (χ4n) is 9.28. The molecule has 8 rings (SSSR count). The van der Waals surface area contributed by atoms with Crippen LogP contribution in [0.1, 0.15) is 73.9 Å². The van der Waals surface area contributed by atoms with E-state index >= 15 is 0 Å². The van der Waals surface area contributed by atoms with E-state index in [0.717, 1.165) is 79.1 Å². The minimum atomic E-state index is -0.967. The number of ether oxygens (including phenoxy) is 2. The van der Waals surface area contributed by atoms with Crippen LogP contribution in [0.2, 0.25) is 0 Å². The number of benzene rings is 2. The molecule has 2 saturated heterocycles. The van der Waals surface area contributed by atoms with Gasteiger partial charge in [0.05, 0.1) is 56.1 Å². The average molecular weight is 749 g/mol. The van der Waals surface area contributed by atoms with Crippen LogP contribution in [0.25, 0.3) is 33.6 Å². The fraction of sp³-hybridized carbons (Fsp3) is 0.439. The maximum atomic E-state index is 13.2. The van der Waals surface area contributed by atoms with Gasteiger partial charge in [0.2, 0.25) is 5.91 Å². The number of aliphatic hydroxyl groups excluding tert-OH is 1. The molecule has 2 bridgehead atoms. The number of aromatic nitrogens is 4. The van der Waals surface area contributed by atoms with Gasteiger partial charge in [0, 0.05) is 12.6 Å². The van der Waals surface area contributed by atoms with E-state index < -0.39 is 30.5 Å². The van der Waals surface area contributed by atoms with Crippen molar-refractivity contribution >= 4 is 18.1 Å². The molecule has 1 saturated carbocycles. The molecular weight excluding hydrogens is 701 g/mol. The van der Waals surface area contributed by atoms with Crippen LogP contribution in [0.15, 0.2) is 61.4 Å². The molecule has 2 unspecified atom stereocenters. The van der Waals surface area contributed by atoms with Crippen LogP contribution >= 0.6 is 0 Å². The average Bonchev–Trinajstić information content (AvgIpc) is 4.06. The van der Waals surface area contributed by atoms with Crippen molar-refractivity contribution in [1.82, 2.24) is 40.4 Å². The molecule has 4 heterocycles. The summed E-state index contributed by atoms with van der Waals surface area (Å²) in [5.74, 6) is 1.75. The van der Waals surface area contributed by atoms with E-state index in [1.54, 1.807) is 17.9 Å². The van der Waals surface area contributed by atoms with Crippen molar-refractivity contribution in [2.24, 2.45) is 5.92 Å². The number of likely N-dealkylation sites (tertiary alicyclic amines) is 2. The molecule has 2 aliphatic heterocycles. The van der Waals surface area contributed by atoms with Gasteiger partial charge >= 0.3 is 12.2 Å². The van der Waals surface area contributed by atoms with E-state index in [1.807, 2.05) is 12.4 Å². The number of H-pyrrole nitrogens is 2. The van der Waals surface area contributed by atoms with Gasteiger partial charge in [-0.3, -0.25) is 9.69 Å². The number of carbonyl (C=O) groups excluding carboxylic acids is 3. The fourth-order valence-corrected chi connectivity index (χ4v) is 9.28. The standard InChI is InChI=1S/C41H48N8O6/c1-5-31(47-41(53)55-4)39(51)49-28-13-10-27(19-28)35(49)37-43-21-33(46-37)26-12-15-30-24(18-26)9-8-23-17-25(11-14-29(23)30)32-20-42-36(45-32)34-7-6-16-48(34)38(50)22(2)44-40(52)54-3/h5,11-12,14-15,17-18,20-22,27-28,31,34-35,39,51H,1,6-10,13,16,19H2,2-4H3,(H,42,45)(H,43,46)(H,44,52)(H,47,53)/t22-,27-,28+,31-,34-,35?,39?/m0/s1. The first-order valence-corrected chi connectivity index (χ1v) is 19.1. The predicted octanol–water partition coefficient (Wildman–Crippen LogP) is 5.39. The molecule has 5 N–H and O–H groups in total. The number of nitrogens with zero attached hydrogens (tertiary/aromatic N) is 4. The van der Waals surface area contributed by atoms with Crippen molar-refractivity contribution < 1.29 is 29.0 Å². The molecule has 14 nitrogen and oxygen atoms in total. The minimum absolute atomic E-state index is 0.104. The molecule has 3 fully saturated rings. The summed E-state index contributed by atoms with van der Waals surface area (Å²) in [4.78, 5) is 57.3. The highest BCUT2D eigenvalue weighted by Gasteiger charge is 2.51. The first kappa shape index (κ1) is 36.5. The van der Waals surface area contributed by atoms with Gasteiger partial charge in [-0.25, -0.2) is 19.6 Å². The lowest BCUT2D eigenvalue weighted by atomic mass is 9.83. The third kappa shape index (κ3) is 6.78. The van der Waals surface area contributed by atoms with Crippen LogP contribution in [0.5, 0.6) is 0 Å². The summed E-state index contributed by atoms with van der Waals surface area (Å²) in [5, 5.41) is 16.7. The number of fused-ring (bicyclic) bond motifs is 5. The molecule has 7 atom stereocenters. The van der Waals surface area contributed by atoms with Crippen LogP contribution in [0.3, 0.4) is 0 Å². The van der Waals surface area contributed by atoms with E-state index in [2.05, 4.69) is 73.2 Å². The Balaban J connectivity index is 0.978. The van der Waals surface area contributed by atoms with Gasteiger partial charge in [0.15, 0.2) is 0 Å². The van der Waals surface area contributed by atoms with Gasteiger partial charge in [-0.05, 0) is 103 Å². The Morgan fingerprint density at radius 1 is 0.909 bits per heavy atom. The van der Waals surface area contributed by atoms with Crippen molar-refractivity contribution in [3.8, 4) is 33.6 Å². The van der Waals surface area contributed by atoms with Crippen LogP contribution in [0, 0.1) is 5.92 Å². The number of carbonyl (C=O) groups is 3. The number of alkyl carbamates (subject to hydrolysis) is 2. The van der Waals surface area contributed by atoms with Crippen molar-refractivity contribution in [2.75, 3.05) is 20.8 Å². The Bertz CT molecular complexity index is 2110. The molecule has 4 aromatic rings. The van der Waals surface area contributed by atoms with Gasteiger partial charge in [0.25, 0.3) is 0 Å². The van der Waals surface area contributed by atoms with Gasteiger partial charge in [-0.1, -0.05) is 30.3 Å². The highest BCUT2D eigenvalue weighted by Crippen LogP contribution is 2.51. The predicted molar refractivity (Wildman–Crippen MR) is 204 cm³/mol. The second-order valence-corrected chi connectivity index (χ2v) is 15.1. The lowest BCUT2D eigenvalue weighted by Gasteiger charge is -2.40. The number of hydrogen-bond acceptors (Lipinski definition) is 9. The highest BCUT2D eigenvalue weighted by atomic mass is 16.5. The first-order chi connectivity index (χ1) is 26.7. The van der Waals surface area contributed by atoms with E-state index in [4.69, 9.17) is 14.7 Å². The van der Waals surface area contributed by atoms with E-state index in [1.165, 1.54) is 36.5 Å². The van der Waals surface area contributed by atoms with Gasteiger partial charge in [-0.2, -0.15) is 0 Å². The van der Waals surface area contributed by atoms with E-state index in [-0.39, 0.29) is 24.0 Å². The normalized spacial score (nSPS) is 23.0. The quantitative estimate of drug-likeness (QED) is 0.133. The molecular formula is C41H48N8O6. The molecule has 288 valence electrons. The van der Waals surface area contributed by atoms with Crippen LogP contribution in [-0.2, 0) is 27.1 Å². The Morgan fingerprint density at radius 2 is 1.53 bits per heavy atom. The molecule has 0 spiro atoms. The highest BCUT2D eigenvalue weighted by molar-refractivity contribution is 5.86. The Hall–Kier alpha value is -5.47. The topological polar surface area (TPSA) is 178 Å². The largest absolute Gasteiger partial charge is 0.453 e. The molecule has 3 amide bonds. The number of amides is 3. The van der Waals surface area contributed by atoms with Gasteiger partial charge in [0.1, 0.15) is 23.9 Å². The molecule has 2 aliphatic carbocycles. The van der Waals surface area contributed by atoms with Crippen molar-refractivity contribution in [3.05, 3.63) is 84.2 Å². The summed E-state index contributed by atoms with van der Waals surface area (Å²) in [6.45, 7) is 6.11. The lowest BCUT2D eigenvalue weighted by Crippen LogP contribution is -2.54. The van der Waals surface area contributed by atoms with Crippen molar-refractivity contribution in [3.63, 3.8) is 0 Å². The number of aryl methyl sites for hydroxylation is 2.